The minimum absolute atomic E-state index is 0.121. The molecule has 2 aromatic rings. The normalized spacial score (nSPS) is 29.4. The highest BCUT2D eigenvalue weighted by Gasteiger charge is 2.54. The lowest BCUT2D eigenvalue weighted by molar-refractivity contribution is -0.106. The molecule has 2 N–H and O–H groups in total. The summed E-state index contributed by atoms with van der Waals surface area (Å²) < 4.78 is 6.16. The largest absolute Gasteiger partial charge is 0.489 e. The second kappa shape index (κ2) is 8.30. The lowest BCUT2D eigenvalue weighted by atomic mass is 9.52. The second-order valence-electron chi connectivity index (χ2n) is 9.27. The highest BCUT2D eigenvalue weighted by atomic mass is 16.5. The predicted octanol–water partition coefficient (Wildman–Crippen LogP) is 4.40. The first-order valence-electron chi connectivity index (χ1n) is 11.3. The zero-order valence-electron chi connectivity index (χ0n) is 19.0. The number of hydrogen-bond acceptors (Lipinski definition) is 4. The molecule has 31 heavy (non-hydrogen) atoms. The zero-order valence-corrected chi connectivity index (χ0v) is 19.0. The second-order valence-corrected chi connectivity index (χ2v) is 9.27. The third-order valence-electron chi connectivity index (χ3n) is 7.68. The Morgan fingerprint density at radius 2 is 2.03 bits per heavy atom. The van der Waals surface area contributed by atoms with Crippen molar-refractivity contribution in [3.8, 4) is 17.6 Å². The molecule has 0 unspecified atom stereocenters. The molecule has 0 spiro atoms. The molecule has 1 fully saturated rings. The van der Waals surface area contributed by atoms with E-state index in [1.165, 1.54) is 16.7 Å². The van der Waals surface area contributed by atoms with Gasteiger partial charge in [0.15, 0.2) is 5.60 Å². The van der Waals surface area contributed by atoms with Gasteiger partial charge in [-0.2, -0.15) is 0 Å². The van der Waals surface area contributed by atoms with E-state index in [-0.39, 0.29) is 5.41 Å². The first-order chi connectivity index (χ1) is 14.8. The lowest BCUT2D eigenvalue weighted by Crippen LogP contribution is -2.57. The summed E-state index contributed by atoms with van der Waals surface area (Å²) in [6, 6.07) is 8.43. The van der Waals surface area contributed by atoms with Crippen LogP contribution in [0.25, 0.3) is 0 Å². The Morgan fingerprint density at radius 1 is 1.23 bits per heavy atom. The van der Waals surface area contributed by atoms with Crippen LogP contribution in [-0.4, -0.2) is 26.9 Å². The number of rotatable bonds is 4. The van der Waals surface area contributed by atoms with E-state index in [0.29, 0.717) is 25.4 Å². The highest BCUT2D eigenvalue weighted by Crippen LogP contribution is 2.54. The first kappa shape index (κ1) is 21.9. The van der Waals surface area contributed by atoms with E-state index in [2.05, 4.69) is 48.9 Å². The molecule has 4 rings (SSSR count). The Kier molecular flexibility index (Phi) is 5.85. The Hall–Kier alpha value is -2.35. The lowest BCUT2D eigenvalue weighted by Gasteiger charge is -2.53. The van der Waals surface area contributed by atoms with Crippen LogP contribution in [0.5, 0.6) is 5.75 Å². The SMILES string of the molecule is CC#C[C@]1(O)C[C@H]2CCc3cc(OCc4c(C)ccnc4C)ccc3[C@]2(CC)C[C@@H]1O. The number of aliphatic hydroxyl groups is 2. The molecule has 0 radical (unpaired) electrons. The molecule has 4 atom stereocenters. The number of nitrogens with zero attached hydrogens (tertiary/aromatic N) is 1. The van der Waals surface area contributed by atoms with Gasteiger partial charge in [0.25, 0.3) is 0 Å². The number of fused-ring (bicyclic) bond motifs is 3. The summed E-state index contributed by atoms with van der Waals surface area (Å²) in [5.74, 6) is 6.89. The Morgan fingerprint density at radius 3 is 2.74 bits per heavy atom. The van der Waals surface area contributed by atoms with Crippen molar-refractivity contribution in [2.45, 2.75) is 83.5 Å². The van der Waals surface area contributed by atoms with Crippen LogP contribution in [0.15, 0.2) is 30.5 Å². The Balaban J connectivity index is 1.61. The predicted molar refractivity (Wildman–Crippen MR) is 122 cm³/mol. The number of aliphatic hydroxyl groups excluding tert-OH is 1. The monoisotopic (exact) mass is 419 g/mol. The Bertz CT molecular complexity index is 1020. The molecule has 2 aliphatic rings. The maximum atomic E-state index is 11.0. The minimum Gasteiger partial charge on any atom is -0.489 e. The van der Waals surface area contributed by atoms with E-state index in [0.717, 1.165) is 36.3 Å². The van der Waals surface area contributed by atoms with Gasteiger partial charge >= 0.3 is 0 Å². The van der Waals surface area contributed by atoms with E-state index >= 15 is 0 Å². The molecule has 0 bridgehead atoms. The van der Waals surface area contributed by atoms with Gasteiger partial charge in [-0.25, -0.2) is 0 Å². The van der Waals surface area contributed by atoms with Gasteiger partial charge in [-0.15, -0.1) is 5.92 Å². The maximum Gasteiger partial charge on any atom is 0.151 e. The van der Waals surface area contributed by atoms with Crippen molar-refractivity contribution in [2.75, 3.05) is 0 Å². The van der Waals surface area contributed by atoms with Crippen molar-refractivity contribution < 1.29 is 14.9 Å². The third-order valence-corrected chi connectivity index (χ3v) is 7.68. The van der Waals surface area contributed by atoms with Crippen molar-refractivity contribution in [3.63, 3.8) is 0 Å². The van der Waals surface area contributed by atoms with E-state index < -0.39 is 11.7 Å². The molecule has 2 aliphatic carbocycles. The fraction of sp³-hybridized carbons (Fsp3) is 0.519. The van der Waals surface area contributed by atoms with Crippen LogP contribution in [0, 0.1) is 31.6 Å². The van der Waals surface area contributed by atoms with Crippen LogP contribution in [0.3, 0.4) is 0 Å². The summed E-state index contributed by atoms with van der Waals surface area (Å²) in [5.41, 5.74) is 4.52. The number of pyridine rings is 1. The smallest absolute Gasteiger partial charge is 0.151 e. The van der Waals surface area contributed by atoms with Crippen molar-refractivity contribution in [1.82, 2.24) is 4.98 Å². The van der Waals surface area contributed by atoms with Crippen LogP contribution in [0.2, 0.25) is 0 Å². The fourth-order valence-corrected chi connectivity index (χ4v) is 5.85. The average Bonchev–Trinajstić information content (AvgIpc) is 2.74. The molecule has 164 valence electrons. The zero-order chi connectivity index (χ0) is 22.2. The molecule has 1 heterocycles. The topological polar surface area (TPSA) is 62.6 Å². The van der Waals surface area contributed by atoms with Gasteiger partial charge in [-0.3, -0.25) is 4.98 Å². The third kappa shape index (κ3) is 3.75. The van der Waals surface area contributed by atoms with Gasteiger partial charge in [-0.1, -0.05) is 18.9 Å². The summed E-state index contributed by atoms with van der Waals surface area (Å²) in [4.78, 5) is 4.39. The summed E-state index contributed by atoms with van der Waals surface area (Å²) in [6.45, 7) is 8.53. The molecule has 0 aliphatic heterocycles. The molecule has 0 saturated heterocycles. The molecule has 1 aromatic heterocycles. The molecular weight excluding hydrogens is 386 g/mol. The van der Waals surface area contributed by atoms with E-state index in [4.69, 9.17) is 4.74 Å². The number of hydrogen-bond donors (Lipinski definition) is 2. The first-order valence-corrected chi connectivity index (χ1v) is 11.3. The van der Waals surface area contributed by atoms with Crippen LogP contribution in [-0.2, 0) is 18.4 Å². The number of ether oxygens (including phenoxy) is 1. The van der Waals surface area contributed by atoms with E-state index in [9.17, 15) is 10.2 Å². The summed E-state index contributed by atoms with van der Waals surface area (Å²) in [6.07, 6.45) is 4.95. The quantitative estimate of drug-likeness (QED) is 0.721. The van der Waals surface area contributed by atoms with E-state index in [1.54, 1.807) is 6.92 Å². The molecular formula is C27H33NO3. The molecule has 1 aromatic carbocycles. The van der Waals surface area contributed by atoms with Crippen molar-refractivity contribution >= 4 is 0 Å². The molecule has 0 amide bonds. The number of aryl methyl sites for hydroxylation is 3. The molecule has 1 saturated carbocycles. The van der Waals surface area contributed by atoms with Gasteiger partial charge < -0.3 is 14.9 Å². The minimum atomic E-state index is -1.29. The summed E-state index contributed by atoms with van der Waals surface area (Å²) in [5, 5.41) is 21.8. The van der Waals surface area contributed by atoms with Crippen LogP contribution < -0.4 is 4.74 Å². The standard InChI is InChI=1S/C27H33NO3/c1-5-12-27(30)15-21-8-7-20-14-22(31-17-23-18(3)11-13-28-19(23)4)9-10-24(20)26(21,6-2)16-25(27)29/h9-11,13-14,21,25,29-30H,6-8,15-17H2,1-4H3/t21-,25+,26-,27+/m1/s1. The summed E-state index contributed by atoms with van der Waals surface area (Å²) >= 11 is 0. The number of benzene rings is 1. The molecule has 4 nitrogen and oxygen atoms in total. The maximum absolute atomic E-state index is 11.0. The van der Waals surface area contributed by atoms with Gasteiger partial charge in [0.2, 0.25) is 0 Å². The van der Waals surface area contributed by atoms with Crippen molar-refractivity contribution in [2.24, 2.45) is 5.92 Å². The summed E-state index contributed by atoms with van der Waals surface area (Å²) in [7, 11) is 0. The van der Waals surface area contributed by atoms with E-state index in [1.807, 2.05) is 19.2 Å². The van der Waals surface area contributed by atoms with Gasteiger partial charge in [0, 0.05) is 22.9 Å². The van der Waals surface area contributed by atoms with Crippen LogP contribution in [0.1, 0.15) is 67.5 Å². The molecule has 4 heteroatoms. The van der Waals surface area contributed by atoms with Crippen LogP contribution >= 0.6 is 0 Å². The van der Waals surface area contributed by atoms with Gasteiger partial charge in [0.05, 0.1) is 6.10 Å². The van der Waals surface area contributed by atoms with Gasteiger partial charge in [-0.05, 0) is 93.7 Å². The van der Waals surface area contributed by atoms with Crippen molar-refractivity contribution in [3.05, 3.63) is 58.4 Å². The fourth-order valence-electron chi connectivity index (χ4n) is 5.85. The van der Waals surface area contributed by atoms with Crippen molar-refractivity contribution in [1.29, 1.82) is 0 Å². The average molecular weight is 420 g/mol. The number of aromatic nitrogens is 1. The van der Waals surface area contributed by atoms with Gasteiger partial charge in [0.1, 0.15) is 12.4 Å². The Labute approximate surface area is 185 Å². The van der Waals surface area contributed by atoms with Crippen LogP contribution in [0.4, 0.5) is 0 Å². The highest BCUT2D eigenvalue weighted by molar-refractivity contribution is 5.44.